The number of anilines is 1. The predicted octanol–water partition coefficient (Wildman–Crippen LogP) is 9.35. The lowest BCUT2D eigenvalue weighted by atomic mass is 9.77. The minimum atomic E-state index is -2.28. The fourth-order valence-electron chi connectivity index (χ4n) is 8.81. The zero-order valence-corrected chi connectivity index (χ0v) is 41.6. The van der Waals surface area contributed by atoms with Gasteiger partial charge in [-0.1, -0.05) is 84.0 Å². The quantitative estimate of drug-likeness (QED) is 0.0543. The molecule has 15 nitrogen and oxygen atoms in total. The molecule has 17 heteroatoms. The van der Waals surface area contributed by atoms with Crippen LogP contribution in [0.2, 0.25) is 36.3 Å². The third kappa shape index (κ3) is 8.57. The van der Waals surface area contributed by atoms with Crippen molar-refractivity contribution in [1.82, 2.24) is 19.5 Å². The molecule has 0 amide bonds. The lowest BCUT2D eigenvalue weighted by Gasteiger charge is -2.43. The van der Waals surface area contributed by atoms with E-state index < -0.39 is 76.8 Å². The van der Waals surface area contributed by atoms with Crippen LogP contribution in [-0.2, 0) is 42.2 Å². The molecule has 0 saturated carbocycles. The predicted molar refractivity (Wildman–Crippen MR) is 254 cm³/mol. The lowest BCUT2D eigenvalue weighted by molar-refractivity contribution is -0.187. The summed E-state index contributed by atoms with van der Waals surface area (Å²) in [7, 11) is -4.44. The van der Waals surface area contributed by atoms with Crippen LogP contribution < -0.4 is 10.9 Å². The molecule has 1 aliphatic carbocycles. The molecular weight excluding hydrogens is 863 g/mol. The van der Waals surface area contributed by atoms with Gasteiger partial charge in [0, 0.05) is 32.8 Å². The number of ether oxygens (including phenoxy) is 4. The Kier molecular flexibility index (Phi) is 11.8. The van der Waals surface area contributed by atoms with Gasteiger partial charge in [-0.15, -0.1) is 0 Å². The van der Waals surface area contributed by atoms with E-state index in [0.717, 1.165) is 32.3 Å². The number of hydrogen-bond donors (Lipinski definition) is 2. The SMILES string of the molecule is CC(=O)OC1[C@H](Nc2nc3c(ncn3[C@H]3C[C@H](O[Si](C)(C)C(C)(C)C)[C@@H](CO[Si](C)(C)C(C)(C)C)O3)c(=O)[nH]2)c2c(cc3ccc4cccc5ccc2c3c45)[C@@H](OC(C)=O)[C@@H]1OC(C)=O. The number of aromatic amines is 1. The van der Waals surface area contributed by atoms with E-state index in [2.05, 4.69) is 83.0 Å². The van der Waals surface area contributed by atoms with Crippen molar-refractivity contribution in [1.29, 1.82) is 0 Å². The van der Waals surface area contributed by atoms with Crippen LogP contribution in [0.1, 0.15) is 98.2 Å². The van der Waals surface area contributed by atoms with Crippen molar-refractivity contribution in [2.24, 2.45) is 0 Å². The molecule has 0 radical (unpaired) electrons. The Morgan fingerprint density at radius 1 is 0.831 bits per heavy atom. The molecule has 2 N–H and O–H groups in total. The highest BCUT2D eigenvalue weighted by Crippen LogP contribution is 2.50. The molecule has 1 unspecified atom stereocenters. The third-order valence-electron chi connectivity index (χ3n) is 14.1. The van der Waals surface area contributed by atoms with Gasteiger partial charge in [0.2, 0.25) is 5.95 Å². The lowest BCUT2D eigenvalue weighted by Crippen LogP contribution is -2.50. The Bertz CT molecular complexity index is 2860. The first kappa shape index (κ1) is 46.3. The van der Waals surface area contributed by atoms with Crippen LogP contribution in [0.25, 0.3) is 43.5 Å². The van der Waals surface area contributed by atoms with Gasteiger partial charge >= 0.3 is 17.9 Å². The van der Waals surface area contributed by atoms with Crippen LogP contribution in [0, 0.1) is 0 Å². The van der Waals surface area contributed by atoms with E-state index in [-0.39, 0.29) is 33.3 Å². The van der Waals surface area contributed by atoms with Gasteiger partial charge in [-0.3, -0.25) is 28.7 Å². The van der Waals surface area contributed by atoms with Crippen molar-refractivity contribution < 1.29 is 42.2 Å². The van der Waals surface area contributed by atoms with Gasteiger partial charge in [0.05, 0.1) is 25.1 Å². The Morgan fingerprint density at radius 2 is 1.45 bits per heavy atom. The van der Waals surface area contributed by atoms with E-state index in [9.17, 15) is 19.2 Å². The zero-order valence-electron chi connectivity index (χ0n) is 39.6. The maximum absolute atomic E-state index is 14.0. The number of nitrogens with one attached hydrogen (secondary N) is 2. The Morgan fingerprint density at radius 3 is 2.08 bits per heavy atom. The number of imidazole rings is 1. The van der Waals surface area contributed by atoms with Gasteiger partial charge in [-0.25, -0.2) is 4.98 Å². The Labute approximate surface area is 380 Å². The first-order valence-electron chi connectivity index (χ1n) is 22.3. The molecule has 7 atom stereocenters. The van der Waals surface area contributed by atoms with Gasteiger partial charge in [0.15, 0.2) is 46.1 Å². The Balaban J connectivity index is 1.25. The highest BCUT2D eigenvalue weighted by atomic mass is 28.4. The topological polar surface area (TPSA) is 182 Å². The smallest absolute Gasteiger partial charge is 0.303 e. The van der Waals surface area contributed by atoms with Gasteiger partial charge in [-0.2, -0.15) is 4.98 Å². The van der Waals surface area contributed by atoms with E-state index in [1.807, 2.05) is 48.5 Å². The molecular formula is C48H61N5O10Si2. The summed E-state index contributed by atoms with van der Waals surface area (Å²) in [5.74, 6) is -1.95. The van der Waals surface area contributed by atoms with Crippen molar-refractivity contribution in [2.75, 3.05) is 11.9 Å². The molecule has 1 aliphatic heterocycles. The molecule has 65 heavy (non-hydrogen) atoms. The molecule has 2 aliphatic rings. The average molecular weight is 924 g/mol. The highest BCUT2D eigenvalue weighted by molar-refractivity contribution is 6.74. The summed E-state index contributed by atoms with van der Waals surface area (Å²) in [6.45, 7) is 26.2. The normalized spacial score (nSPS) is 23.0. The molecule has 2 aromatic heterocycles. The molecule has 1 saturated heterocycles. The summed E-state index contributed by atoms with van der Waals surface area (Å²) >= 11 is 0. The monoisotopic (exact) mass is 923 g/mol. The van der Waals surface area contributed by atoms with Crippen molar-refractivity contribution in [2.45, 2.75) is 148 Å². The number of carbonyl (C=O) groups excluding carboxylic acids is 3. The molecule has 8 rings (SSSR count). The van der Waals surface area contributed by atoms with E-state index in [1.165, 1.54) is 20.8 Å². The number of aromatic nitrogens is 4. The van der Waals surface area contributed by atoms with Gasteiger partial charge in [0.1, 0.15) is 12.3 Å². The largest absolute Gasteiger partial charge is 0.456 e. The summed E-state index contributed by atoms with van der Waals surface area (Å²) in [4.78, 5) is 65.1. The average Bonchev–Trinajstić information content (AvgIpc) is 3.81. The van der Waals surface area contributed by atoms with Crippen LogP contribution >= 0.6 is 0 Å². The van der Waals surface area contributed by atoms with Crippen LogP contribution in [0.3, 0.4) is 0 Å². The second-order valence-corrected chi connectivity index (χ2v) is 30.2. The zero-order chi connectivity index (χ0) is 47.1. The van der Waals surface area contributed by atoms with Gasteiger partial charge in [-0.05, 0) is 80.2 Å². The van der Waals surface area contributed by atoms with Crippen molar-refractivity contribution >= 4 is 84.0 Å². The van der Waals surface area contributed by atoms with E-state index in [0.29, 0.717) is 24.2 Å². The maximum atomic E-state index is 14.0. The summed E-state index contributed by atoms with van der Waals surface area (Å²) in [5.41, 5.74) is 0.972. The maximum Gasteiger partial charge on any atom is 0.303 e. The second-order valence-electron chi connectivity index (χ2n) is 20.6. The van der Waals surface area contributed by atoms with Gasteiger partial charge in [0.25, 0.3) is 5.56 Å². The fraction of sp³-hybridized carbons (Fsp3) is 0.500. The highest BCUT2D eigenvalue weighted by Gasteiger charge is 2.51. The van der Waals surface area contributed by atoms with Crippen LogP contribution in [0.5, 0.6) is 0 Å². The number of nitrogens with zero attached hydrogens (tertiary/aromatic N) is 3. The van der Waals surface area contributed by atoms with E-state index >= 15 is 0 Å². The number of hydrogen-bond acceptors (Lipinski definition) is 13. The first-order valence-corrected chi connectivity index (χ1v) is 28.1. The Hall–Kier alpha value is -5.21. The minimum Gasteiger partial charge on any atom is -0.456 e. The molecule has 0 bridgehead atoms. The van der Waals surface area contributed by atoms with Crippen molar-refractivity contribution in [3.05, 3.63) is 76.3 Å². The molecule has 346 valence electrons. The van der Waals surface area contributed by atoms with E-state index in [4.69, 9.17) is 32.8 Å². The van der Waals surface area contributed by atoms with Crippen LogP contribution in [0.15, 0.2) is 59.7 Å². The number of benzene rings is 4. The molecule has 0 spiro atoms. The van der Waals surface area contributed by atoms with Crippen molar-refractivity contribution in [3.8, 4) is 0 Å². The molecule has 3 heterocycles. The first-order chi connectivity index (χ1) is 30.3. The number of fused-ring (bicyclic) bond motifs is 3. The van der Waals surface area contributed by atoms with E-state index in [1.54, 1.807) is 10.9 Å². The fourth-order valence-corrected chi connectivity index (χ4v) is 11.2. The number of H-pyrrole nitrogens is 1. The number of rotatable bonds is 11. The second kappa shape index (κ2) is 16.6. The molecule has 4 aromatic carbocycles. The minimum absolute atomic E-state index is 0.0135. The summed E-state index contributed by atoms with van der Waals surface area (Å²) < 4.78 is 40.3. The summed E-state index contributed by atoms with van der Waals surface area (Å²) in [5, 5.41) is 8.99. The number of carbonyl (C=O) groups is 3. The number of esters is 3. The van der Waals surface area contributed by atoms with Gasteiger partial charge < -0.3 is 33.1 Å². The van der Waals surface area contributed by atoms with Crippen LogP contribution in [0.4, 0.5) is 5.95 Å². The summed E-state index contributed by atoms with van der Waals surface area (Å²) in [6, 6.07) is 15.0. The molecule has 1 fully saturated rings. The standard InChI is InChI=1S/C48H61N5O10Si2/c1-25(54)59-41-32-21-30-18-17-28-15-14-16-29-19-20-31(37(30)36(28)29)38(32)39(42(60-26(2)55)43(41)61-27(3)56)50-46-51-44-40(45(57)52-46)49-24-53(44)35-22-33(63-65(12,13)48(7,8)9)34(62-35)23-58-64(10,11)47(4,5)6/h14-21,24,33-35,39,41-43H,22-23H2,1-13H3,(H2,50,51,52,57)/t33-,34+,35+,39+,41+,42?,43-/m0/s1. The van der Waals surface area contributed by atoms with Crippen LogP contribution in [-0.4, -0.2) is 85.1 Å². The molecule has 6 aromatic rings. The van der Waals surface area contributed by atoms with Crippen molar-refractivity contribution in [3.63, 3.8) is 0 Å². The third-order valence-corrected chi connectivity index (χ3v) is 23.1. The summed E-state index contributed by atoms with van der Waals surface area (Å²) in [6.07, 6.45) is -3.01.